The van der Waals surface area contributed by atoms with Crippen LogP contribution >= 0.6 is 11.6 Å². The maximum atomic E-state index is 13.6. The molecule has 3 N–H and O–H groups in total. The molecule has 1 aliphatic heterocycles. The zero-order valence-corrected chi connectivity index (χ0v) is 19.5. The zero-order chi connectivity index (χ0) is 24.1. The lowest BCUT2D eigenvalue weighted by molar-refractivity contribution is -0.124. The highest BCUT2D eigenvalue weighted by atomic mass is 35.5. The molecule has 2 rings (SSSR count). The summed E-state index contributed by atoms with van der Waals surface area (Å²) in [6, 6.07) is 2.94. The maximum absolute atomic E-state index is 13.6. The van der Waals surface area contributed by atoms with E-state index in [1.54, 1.807) is 0 Å². The summed E-state index contributed by atoms with van der Waals surface area (Å²) in [6.45, 7) is 7.43. The SMILES string of the molecule is COCC(NC(=O)O)C(=O)N[C@H](CCOc1ccc(Cl)c(F)c1)B1OC(C)(C)C(C)(C)O1. The molecule has 1 heterocycles. The molecular formula is C20H29BClFN2O7. The first-order valence-electron chi connectivity index (χ1n) is 10.1. The van der Waals surface area contributed by atoms with E-state index in [-0.39, 0.29) is 30.4 Å². The summed E-state index contributed by atoms with van der Waals surface area (Å²) in [4.78, 5) is 23.8. The molecule has 1 aliphatic rings. The Bertz CT molecular complexity index is 811. The molecule has 1 fully saturated rings. The molecule has 0 spiro atoms. The predicted octanol–water partition coefficient (Wildman–Crippen LogP) is 2.65. The summed E-state index contributed by atoms with van der Waals surface area (Å²) in [5.74, 6) is -1.63. The molecule has 32 heavy (non-hydrogen) atoms. The minimum absolute atomic E-state index is 0.0187. The number of benzene rings is 1. The van der Waals surface area contributed by atoms with Crippen molar-refractivity contribution in [3.63, 3.8) is 0 Å². The highest BCUT2D eigenvalue weighted by molar-refractivity contribution is 6.48. The minimum Gasteiger partial charge on any atom is -0.493 e. The van der Waals surface area contributed by atoms with Crippen molar-refractivity contribution < 1.29 is 37.9 Å². The van der Waals surface area contributed by atoms with Gasteiger partial charge in [-0.1, -0.05) is 11.6 Å². The number of hydrogen-bond donors (Lipinski definition) is 3. The predicted molar refractivity (Wildman–Crippen MR) is 116 cm³/mol. The topological polar surface area (TPSA) is 115 Å². The number of amides is 2. The average molecular weight is 475 g/mol. The van der Waals surface area contributed by atoms with Gasteiger partial charge < -0.3 is 34.5 Å². The van der Waals surface area contributed by atoms with Gasteiger partial charge in [-0.15, -0.1) is 0 Å². The number of carbonyl (C=O) groups is 2. The van der Waals surface area contributed by atoms with Crippen molar-refractivity contribution in [1.82, 2.24) is 10.6 Å². The lowest BCUT2D eigenvalue weighted by Crippen LogP contribution is -2.56. The summed E-state index contributed by atoms with van der Waals surface area (Å²) >= 11 is 5.68. The molecule has 0 aliphatic carbocycles. The van der Waals surface area contributed by atoms with Gasteiger partial charge >= 0.3 is 13.2 Å². The fraction of sp³-hybridized carbons (Fsp3) is 0.600. The number of rotatable bonds is 10. The smallest absolute Gasteiger partial charge is 0.481 e. The zero-order valence-electron chi connectivity index (χ0n) is 18.7. The first-order valence-corrected chi connectivity index (χ1v) is 10.5. The Kier molecular flexibility index (Phi) is 8.75. The molecule has 0 bridgehead atoms. The van der Waals surface area contributed by atoms with Crippen LogP contribution in [0.5, 0.6) is 5.75 Å². The van der Waals surface area contributed by atoms with E-state index in [1.807, 2.05) is 27.7 Å². The first-order chi connectivity index (χ1) is 14.9. The van der Waals surface area contributed by atoms with Crippen molar-refractivity contribution in [2.45, 2.75) is 57.3 Å². The minimum atomic E-state index is -1.36. The summed E-state index contributed by atoms with van der Waals surface area (Å²) in [5, 5.41) is 13.9. The lowest BCUT2D eigenvalue weighted by Gasteiger charge is -2.32. The van der Waals surface area contributed by atoms with Crippen molar-refractivity contribution in [1.29, 1.82) is 0 Å². The fourth-order valence-corrected chi connectivity index (χ4v) is 3.10. The highest BCUT2D eigenvalue weighted by Gasteiger charge is 2.54. The van der Waals surface area contributed by atoms with Crippen molar-refractivity contribution in [3.05, 3.63) is 29.0 Å². The number of methoxy groups -OCH3 is 1. The molecule has 9 nitrogen and oxygen atoms in total. The number of hydrogen-bond acceptors (Lipinski definition) is 6. The van der Waals surface area contributed by atoms with Gasteiger partial charge in [-0.25, -0.2) is 9.18 Å². The van der Waals surface area contributed by atoms with Crippen molar-refractivity contribution in [2.75, 3.05) is 20.3 Å². The molecular weight excluding hydrogens is 445 g/mol. The number of carbonyl (C=O) groups excluding carboxylic acids is 1. The molecule has 1 aromatic carbocycles. The Labute approximate surface area is 192 Å². The molecule has 0 saturated carbocycles. The van der Waals surface area contributed by atoms with Gasteiger partial charge in [-0.2, -0.15) is 0 Å². The first kappa shape index (κ1) is 26.2. The van der Waals surface area contributed by atoms with Gasteiger partial charge in [0.25, 0.3) is 0 Å². The van der Waals surface area contributed by atoms with Crippen molar-refractivity contribution in [2.24, 2.45) is 0 Å². The van der Waals surface area contributed by atoms with E-state index >= 15 is 0 Å². The fourth-order valence-electron chi connectivity index (χ4n) is 2.98. The van der Waals surface area contributed by atoms with Crippen LogP contribution in [0.2, 0.25) is 5.02 Å². The molecule has 2 atom stereocenters. The monoisotopic (exact) mass is 474 g/mol. The summed E-state index contributed by atoms with van der Waals surface area (Å²) in [7, 11) is 0.539. The molecule has 1 saturated heterocycles. The second-order valence-corrected chi connectivity index (χ2v) is 8.82. The number of halogens is 2. The summed E-state index contributed by atoms with van der Waals surface area (Å²) < 4.78 is 36.3. The van der Waals surface area contributed by atoms with Crippen LogP contribution in [0.15, 0.2) is 18.2 Å². The molecule has 1 unspecified atom stereocenters. The van der Waals surface area contributed by atoms with Crippen LogP contribution in [-0.2, 0) is 18.8 Å². The third-order valence-electron chi connectivity index (χ3n) is 5.46. The molecule has 178 valence electrons. The van der Waals surface area contributed by atoms with Crippen LogP contribution in [0.3, 0.4) is 0 Å². The molecule has 12 heteroatoms. The molecule has 2 amide bonds. The van der Waals surface area contributed by atoms with E-state index in [0.29, 0.717) is 0 Å². The van der Waals surface area contributed by atoms with Crippen LogP contribution in [0.25, 0.3) is 0 Å². The van der Waals surface area contributed by atoms with E-state index in [4.69, 9.17) is 35.5 Å². The quantitative estimate of drug-likeness (QED) is 0.447. The van der Waals surface area contributed by atoms with E-state index in [2.05, 4.69) is 10.6 Å². The van der Waals surface area contributed by atoms with Gasteiger partial charge in [0.1, 0.15) is 17.6 Å². The van der Waals surface area contributed by atoms with Crippen molar-refractivity contribution in [3.8, 4) is 5.75 Å². The normalized spacial score (nSPS) is 18.7. The Hall–Kier alpha value is -2.08. The third-order valence-corrected chi connectivity index (χ3v) is 5.77. The van der Waals surface area contributed by atoms with Crippen molar-refractivity contribution >= 4 is 30.7 Å². The van der Waals surface area contributed by atoms with Crippen LogP contribution < -0.4 is 15.4 Å². The number of ether oxygens (including phenoxy) is 2. The summed E-state index contributed by atoms with van der Waals surface area (Å²) in [6.07, 6.45) is -1.12. The van der Waals surface area contributed by atoms with Crippen LogP contribution in [0.1, 0.15) is 34.1 Å². The average Bonchev–Trinajstić information content (AvgIpc) is 2.90. The number of carboxylic acid groups (broad SMARTS) is 1. The Morgan fingerprint density at radius 3 is 2.38 bits per heavy atom. The van der Waals surface area contributed by atoms with E-state index in [0.717, 1.165) is 6.07 Å². The van der Waals surface area contributed by atoms with E-state index < -0.39 is 48.1 Å². The van der Waals surface area contributed by atoms with E-state index in [9.17, 15) is 14.0 Å². The molecule has 0 radical (unpaired) electrons. The second-order valence-electron chi connectivity index (χ2n) is 8.41. The van der Waals surface area contributed by atoms with Gasteiger partial charge in [-0.05, 0) is 39.8 Å². The van der Waals surface area contributed by atoms with Crippen LogP contribution in [0, 0.1) is 5.82 Å². The standard InChI is InChI=1S/C20H29BClFN2O7/c1-19(2)20(3,4)32-21(31-19)16(25-17(26)15(11-29-5)24-18(27)28)8-9-30-12-6-7-13(22)14(23)10-12/h6-7,10,15-16,24H,8-9,11H2,1-5H3,(H,25,26)(H,27,28)/t15?,16-/m1/s1. The Balaban J connectivity index is 2.12. The Morgan fingerprint density at radius 1 is 1.22 bits per heavy atom. The van der Waals surface area contributed by atoms with Crippen LogP contribution in [-0.4, -0.2) is 67.7 Å². The second kappa shape index (κ2) is 10.7. The van der Waals surface area contributed by atoms with E-state index in [1.165, 1.54) is 19.2 Å². The largest absolute Gasteiger partial charge is 0.493 e. The lowest BCUT2D eigenvalue weighted by atomic mass is 9.76. The highest BCUT2D eigenvalue weighted by Crippen LogP contribution is 2.37. The molecule has 1 aromatic rings. The van der Waals surface area contributed by atoms with Gasteiger partial charge in [0.15, 0.2) is 0 Å². The van der Waals surface area contributed by atoms with Gasteiger partial charge in [-0.3, -0.25) is 4.79 Å². The third kappa shape index (κ3) is 6.71. The number of nitrogens with one attached hydrogen (secondary N) is 2. The molecule has 0 aromatic heterocycles. The van der Waals surface area contributed by atoms with Crippen LogP contribution in [0.4, 0.5) is 9.18 Å². The van der Waals surface area contributed by atoms with Gasteiger partial charge in [0.05, 0.1) is 35.4 Å². The Morgan fingerprint density at radius 2 is 1.84 bits per heavy atom. The van der Waals surface area contributed by atoms with Gasteiger partial charge in [0, 0.05) is 19.6 Å². The maximum Gasteiger partial charge on any atom is 0.481 e. The van der Waals surface area contributed by atoms with Gasteiger partial charge in [0.2, 0.25) is 5.91 Å². The summed E-state index contributed by atoms with van der Waals surface area (Å²) in [5.41, 5.74) is -1.29.